The molecule has 5 nitrogen and oxygen atoms in total. The fourth-order valence-corrected chi connectivity index (χ4v) is 1.54. The number of pyridine rings is 1. The van der Waals surface area contributed by atoms with Crippen LogP contribution in [0.15, 0.2) is 35.0 Å². The van der Waals surface area contributed by atoms with E-state index >= 15 is 0 Å². The molecule has 1 heterocycles. The Kier molecular flexibility index (Phi) is 4.36. The highest BCUT2D eigenvalue weighted by Gasteiger charge is 2.11. The molecule has 0 aliphatic heterocycles. The number of carbonyl (C=O) groups excluding carboxylic acids is 1. The molecular weight excluding hydrogens is 224 g/mol. The van der Waals surface area contributed by atoms with E-state index in [9.17, 15) is 4.79 Å². The summed E-state index contributed by atoms with van der Waals surface area (Å²) in [5.74, 6) is -0.198. The third-order valence-electron chi connectivity index (χ3n) is 1.70. The second-order valence-electron chi connectivity index (χ2n) is 2.72. The molecule has 16 heavy (non-hydrogen) atoms. The molecule has 0 saturated heterocycles. The average Bonchev–Trinajstić information content (AvgIpc) is 2.29. The Bertz CT molecular complexity index is 450. The molecule has 0 radical (unpaired) electrons. The predicted molar refractivity (Wildman–Crippen MR) is 63.2 cm³/mol. The second kappa shape index (κ2) is 5.78. The SMILES string of the molecule is CSC(Nc1ccccn1)=C(C#N)C(N)=O. The minimum absolute atomic E-state index is 0.0989. The molecule has 1 aromatic heterocycles. The number of primary amides is 1. The van der Waals surface area contributed by atoms with Gasteiger partial charge in [0, 0.05) is 6.20 Å². The van der Waals surface area contributed by atoms with Gasteiger partial charge in [-0.3, -0.25) is 4.79 Å². The minimum Gasteiger partial charge on any atom is -0.365 e. The first-order chi connectivity index (χ1) is 7.69. The quantitative estimate of drug-likeness (QED) is 0.600. The van der Waals surface area contributed by atoms with Gasteiger partial charge in [-0.2, -0.15) is 5.26 Å². The zero-order chi connectivity index (χ0) is 12.0. The smallest absolute Gasteiger partial charge is 0.262 e. The Hall–Kier alpha value is -2.00. The van der Waals surface area contributed by atoms with E-state index < -0.39 is 5.91 Å². The minimum atomic E-state index is -0.754. The van der Waals surface area contributed by atoms with Gasteiger partial charge < -0.3 is 11.1 Å². The molecule has 1 aromatic rings. The molecule has 82 valence electrons. The number of rotatable bonds is 4. The van der Waals surface area contributed by atoms with Crippen LogP contribution in [-0.4, -0.2) is 17.1 Å². The summed E-state index contributed by atoms with van der Waals surface area (Å²) in [5, 5.41) is 12.1. The van der Waals surface area contributed by atoms with Gasteiger partial charge in [0.25, 0.3) is 5.91 Å². The van der Waals surface area contributed by atoms with Gasteiger partial charge in [-0.25, -0.2) is 4.98 Å². The Labute approximate surface area is 97.4 Å². The summed E-state index contributed by atoms with van der Waals surface area (Å²) < 4.78 is 0. The van der Waals surface area contributed by atoms with Crippen molar-refractivity contribution in [1.29, 1.82) is 5.26 Å². The number of thioether (sulfide) groups is 1. The van der Waals surface area contributed by atoms with E-state index in [2.05, 4.69) is 10.3 Å². The number of amides is 1. The van der Waals surface area contributed by atoms with Crippen LogP contribution in [0.2, 0.25) is 0 Å². The third kappa shape index (κ3) is 3.00. The Morgan fingerprint density at radius 2 is 2.38 bits per heavy atom. The van der Waals surface area contributed by atoms with Gasteiger partial charge in [-0.15, -0.1) is 11.8 Å². The van der Waals surface area contributed by atoms with Gasteiger partial charge in [0.05, 0.1) is 5.03 Å². The molecule has 1 rings (SSSR count). The highest BCUT2D eigenvalue weighted by molar-refractivity contribution is 8.02. The maximum absolute atomic E-state index is 11.0. The van der Waals surface area contributed by atoms with Crippen molar-refractivity contribution < 1.29 is 4.79 Å². The van der Waals surface area contributed by atoms with Crippen LogP contribution in [0.4, 0.5) is 5.82 Å². The first kappa shape index (κ1) is 12.1. The summed E-state index contributed by atoms with van der Waals surface area (Å²) in [5.41, 5.74) is 4.99. The lowest BCUT2D eigenvalue weighted by molar-refractivity contribution is -0.114. The fourth-order valence-electron chi connectivity index (χ4n) is 0.986. The summed E-state index contributed by atoms with van der Waals surface area (Å²) in [6.45, 7) is 0. The van der Waals surface area contributed by atoms with E-state index in [0.717, 1.165) is 0 Å². The van der Waals surface area contributed by atoms with Gasteiger partial charge in [0.2, 0.25) is 0 Å². The molecule has 0 bridgehead atoms. The van der Waals surface area contributed by atoms with Crippen molar-refractivity contribution in [3.63, 3.8) is 0 Å². The second-order valence-corrected chi connectivity index (χ2v) is 3.54. The Balaban J connectivity index is 3.01. The van der Waals surface area contributed by atoms with Gasteiger partial charge in [0.1, 0.15) is 17.5 Å². The van der Waals surface area contributed by atoms with Crippen molar-refractivity contribution in [2.45, 2.75) is 0 Å². The zero-order valence-electron chi connectivity index (χ0n) is 8.60. The van der Waals surface area contributed by atoms with E-state index in [-0.39, 0.29) is 5.57 Å². The maximum Gasteiger partial charge on any atom is 0.262 e. The number of nitriles is 1. The van der Waals surface area contributed by atoms with Crippen molar-refractivity contribution in [2.75, 3.05) is 11.6 Å². The number of nitrogens with zero attached hydrogens (tertiary/aromatic N) is 2. The monoisotopic (exact) mass is 234 g/mol. The lowest BCUT2D eigenvalue weighted by Crippen LogP contribution is -2.16. The van der Waals surface area contributed by atoms with E-state index in [4.69, 9.17) is 11.0 Å². The largest absolute Gasteiger partial charge is 0.365 e. The number of nitrogens with one attached hydrogen (secondary N) is 1. The van der Waals surface area contributed by atoms with Crippen LogP contribution in [0.25, 0.3) is 0 Å². The summed E-state index contributed by atoms with van der Waals surface area (Å²) in [6, 6.07) is 7.06. The molecule has 0 spiro atoms. The number of hydrogen-bond donors (Lipinski definition) is 2. The van der Waals surface area contributed by atoms with Gasteiger partial charge >= 0.3 is 0 Å². The van der Waals surface area contributed by atoms with Crippen molar-refractivity contribution in [3.05, 3.63) is 35.0 Å². The molecule has 0 saturated carbocycles. The van der Waals surface area contributed by atoms with Crippen molar-refractivity contribution >= 4 is 23.5 Å². The van der Waals surface area contributed by atoms with Crippen molar-refractivity contribution in [3.8, 4) is 6.07 Å². The Morgan fingerprint density at radius 1 is 1.62 bits per heavy atom. The lowest BCUT2D eigenvalue weighted by Gasteiger charge is -2.08. The molecule has 0 aromatic carbocycles. The molecule has 0 aliphatic rings. The molecule has 0 aliphatic carbocycles. The highest BCUT2D eigenvalue weighted by Crippen LogP contribution is 2.18. The molecule has 0 unspecified atom stereocenters. The van der Waals surface area contributed by atoms with Gasteiger partial charge in [0.15, 0.2) is 0 Å². The molecule has 3 N–H and O–H groups in total. The predicted octanol–water partition coefficient (Wildman–Crippen LogP) is 1.08. The van der Waals surface area contributed by atoms with Crippen LogP contribution in [0.5, 0.6) is 0 Å². The van der Waals surface area contributed by atoms with Crippen molar-refractivity contribution in [2.24, 2.45) is 5.73 Å². The first-order valence-electron chi connectivity index (χ1n) is 4.35. The molecule has 0 fully saturated rings. The standard InChI is InChI=1S/C10H10N4OS/c1-16-10(7(6-11)9(12)15)14-8-4-2-3-5-13-8/h2-5H,1H3,(H2,12,15)(H,13,14). The van der Waals surface area contributed by atoms with Crippen LogP contribution in [0, 0.1) is 11.3 Å². The number of anilines is 1. The zero-order valence-corrected chi connectivity index (χ0v) is 9.41. The van der Waals surface area contributed by atoms with E-state index in [1.807, 2.05) is 0 Å². The van der Waals surface area contributed by atoms with E-state index in [0.29, 0.717) is 10.8 Å². The molecule has 6 heteroatoms. The van der Waals surface area contributed by atoms with Crippen molar-refractivity contribution in [1.82, 2.24) is 4.98 Å². The van der Waals surface area contributed by atoms with Crippen LogP contribution >= 0.6 is 11.8 Å². The van der Waals surface area contributed by atoms with Crippen LogP contribution in [0.1, 0.15) is 0 Å². The number of nitrogens with two attached hydrogens (primary N) is 1. The van der Waals surface area contributed by atoms with Crippen LogP contribution < -0.4 is 11.1 Å². The average molecular weight is 234 g/mol. The number of carbonyl (C=O) groups is 1. The summed E-state index contributed by atoms with van der Waals surface area (Å²) in [4.78, 5) is 15.0. The van der Waals surface area contributed by atoms with E-state index in [1.54, 1.807) is 36.7 Å². The topological polar surface area (TPSA) is 91.8 Å². The first-order valence-corrected chi connectivity index (χ1v) is 5.57. The Morgan fingerprint density at radius 3 is 2.81 bits per heavy atom. The van der Waals surface area contributed by atoms with Gasteiger partial charge in [-0.05, 0) is 18.4 Å². The van der Waals surface area contributed by atoms with Crippen LogP contribution in [-0.2, 0) is 4.79 Å². The number of hydrogen-bond acceptors (Lipinski definition) is 5. The maximum atomic E-state index is 11.0. The number of aromatic nitrogens is 1. The molecule has 0 atom stereocenters. The summed E-state index contributed by atoms with van der Waals surface area (Å²) >= 11 is 1.23. The molecular formula is C10H10N4OS. The van der Waals surface area contributed by atoms with Gasteiger partial charge in [-0.1, -0.05) is 6.07 Å². The third-order valence-corrected chi connectivity index (χ3v) is 2.41. The summed E-state index contributed by atoms with van der Waals surface area (Å²) in [7, 11) is 0. The lowest BCUT2D eigenvalue weighted by atomic mass is 10.3. The summed E-state index contributed by atoms with van der Waals surface area (Å²) in [6.07, 6.45) is 3.35. The van der Waals surface area contributed by atoms with Crippen LogP contribution in [0.3, 0.4) is 0 Å². The van der Waals surface area contributed by atoms with E-state index in [1.165, 1.54) is 11.8 Å². The normalized spacial score (nSPS) is 11.2. The fraction of sp³-hybridized carbons (Fsp3) is 0.100. The highest BCUT2D eigenvalue weighted by atomic mass is 32.2. The molecule has 1 amide bonds.